The Morgan fingerprint density at radius 3 is 2.36 bits per heavy atom. The molecule has 0 aromatic heterocycles. The zero-order valence-corrected chi connectivity index (χ0v) is 15.3. The average Bonchev–Trinajstić information content (AvgIpc) is 2.67. The van der Waals surface area contributed by atoms with Crippen molar-refractivity contribution in [3.8, 4) is 28.4 Å². The monoisotopic (exact) mass is 388 g/mol. The predicted molar refractivity (Wildman–Crippen MR) is 103 cm³/mol. The lowest BCUT2D eigenvalue weighted by Gasteiger charge is -2.15. The molecule has 0 radical (unpaired) electrons. The Balaban J connectivity index is 2.13. The second kappa shape index (κ2) is 8.69. The number of fused-ring (bicyclic) bond motifs is 1. The molecule has 0 spiro atoms. The summed E-state index contributed by atoms with van der Waals surface area (Å²) < 4.78 is 56.6. The molecule has 0 fully saturated rings. The van der Waals surface area contributed by atoms with Gasteiger partial charge in [-0.15, -0.1) is 0 Å². The lowest BCUT2D eigenvalue weighted by atomic mass is 9.98. The summed E-state index contributed by atoms with van der Waals surface area (Å²) in [5, 5.41) is 0.667. The zero-order valence-electron chi connectivity index (χ0n) is 15.3. The molecule has 0 aliphatic carbocycles. The van der Waals surface area contributed by atoms with Crippen LogP contribution in [0.3, 0.4) is 0 Å². The van der Waals surface area contributed by atoms with E-state index in [0.717, 1.165) is 0 Å². The summed E-state index contributed by atoms with van der Waals surface area (Å²) in [5.41, 5.74) is 0.376. The molecule has 0 amide bonds. The highest BCUT2D eigenvalue weighted by Crippen LogP contribution is 2.40. The van der Waals surface area contributed by atoms with Crippen molar-refractivity contribution in [1.82, 2.24) is 0 Å². The first-order valence-electron chi connectivity index (χ1n) is 8.71. The number of halogens is 3. The molecule has 3 aromatic carbocycles. The SMILES string of the molecule is C=CCOc1ccc2c(F)c(-c3ccc(OCC)cc3)c(OC(F)F)cc2c1. The first-order chi connectivity index (χ1) is 13.5. The van der Waals surface area contributed by atoms with Gasteiger partial charge in [-0.05, 0) is 54.3 Å². The van der Waals surface area contributed by atoms with Crippen molar-refractivity contribution < 1.29 is 27.4 Å². The molecule has 3 aromatic rings. The minimum Gasteiger partial charge on any atom is -0.494 e. The second-order valence-corrected chi connectivity index (χ2v) is 5.88. The molecule has 0 bridgehead atoms. The van der Waals surface area contributed by atoms with Crippen LogP contribution in [0, 0.1) is 5.82 Å². The zero-order chi connectivity index (χ0) is 20.1. The topological polar surface area (TPSA) is 27.7 Å². The molecule has 0 aliphatic heterocycles. The molecule has 146 valence electrons. The quantitative estimate of drug-likeness (QED) is 0.429. The fraction of sp³-hybridized carbons (Fsp3) is 0.182. The lowest BCUT2D eigenvalue weighted by molar-refractivity contribution is -0.0494. The minimum absolute atomic E-state index is 0.0318. The van der Waals surface area contributed by atoms with Crippen molar-refractivity contribution in [1.29, 1.82) is 0 Å². The third kappa shape index (κ3) is 4.22. The first-order valence-corrected chi connectivity index (χ1v) is 8.71. The Hall–Kier alpha value is -3.15. The molecule has 0 unspecified atom stereocenters. The summed E-state index contributed by atoms with van der Waals surface area (Å²) >= 11 is 0. The van der Waals surface area contributed by atoms with Gasteiger partial charge in [-0.25, -0.2) is 4.39 Å². The molecular formula is C22H19F3O3. The molecule has 6 heteroatoms. The molecule has 0 saturated heterocycles. The number of benzene rings is 3. The van der Waals surface area contributed by atoms with Crippen LogP contribution in [0.4, 0.5) is 13.2 Å². The van der Waals surface area contributed by atoms with E-state index in [2.05, 4.69) is 11.3 Å². The summed E-state index contributed by atoms with van der Waals surface area (Å²) in [6.45, 7) is 3.09. The molecule has 0 heterocycles. The fourth-order valence-corrected chi connectivity index (χ4v) is 2.90. The normalized spacial score (nSPS) is 10.9. The highest BCUT2D eigenvalue weighted by molar-refractivity contribution is 5.92. The summed E-state index contributed by atoms with van der Waals surface area (Å²) in [4.78, 5) is 0. The summed E-state index contributed by atoms with van der Waals surface area (Å²) in [6, 6.07) is 12.6. The van der Waals surface area contributed by atoms with E-state index < -0.39 is 12.4 Å². The average molecular weight is 388 g/mol. The van der Waals surface area contributed by atoms with Crippen LogP contribution in [0.15, 0.2) is 61.2 Å². The number of ether oxygens (including phenoxy) is 3. The van der Waals surface area contributed by atoms with E-state index >= 15 is 4.39 Å². The first kappa shape index (κ1) is 19.6. The standard InChI is InChI=1S/C22H19F3O3/c1-3-11-27-17-9-10-18-15(12-17)13-19(28-22(24)25)20(21(18)23)14-5-7-16(8-6-14)26-4-2/h3,5-10,12-13,22H,1,4,11H2,2H3. The Morgan fingerprint density at radius 1 is 1.00 bits per heavy atom. The van der Waals surface area contributed by atoms with Gasteiger partial charge >= 0.3 is 6.61 Å². The van der Waals surface area contributed by atoms with Crippen LogP contribution in [0.5, 0.6) is 17.2 Å². The lowest BCUT2D eigenvalue weighted by Crippen LogP contribution is -2.05. The molecule has 0 aliphatic rings. The van der Waals surface area contributed by atoms with Crippen LogP contribution >= 0.6 is 0 Å². The van der Waals surface area contributed by atoms with E-state index in [0.29, 0.717) is 29.1 Å². The third-order valence-electron chi connectivity index (χ3n) is 4.05. The van der Waals surface area contributed by atoms with Gasteiger partial charge in [-0.1, -0.05) is 24.8 Å². The van der Waals surface area contributed by atoms with Crippen LogP contribution in [-0.4, -0.2) is 19.8 Å². The van der Waals surface area contributed by atoms with Gasteiger partial charge in [0.05, 0.1) is 12.2 Å². The molecule has 28 heavy (non-hydrogen) atoms. The summed E-state index contributed by atoms with van der Waals surface area (Å²) in [6.07, 6.45) is 1.57. The smallest absolute Gasteiger partial charge is 0.387 e. The third-order valence-corrected chi connectivity index (χ3v) is 4.05. The highest BCUT2D eigenvalue weighted by atomic mass is 19.3. The molecule has 0 N–H and O–H groups in total. The van der Waals surface area contributed by atoms with Gasteiger partial charge in [0.25, 0.3) is 0 Å². The number of hydrogen-bond donors (Lipinski definition) is 0. The van der Waals surface area contributed by atoms with Crippen LogP contribution < -0.4 is 14.2 Å². The predicted octanol–water partition coefficient (Wildman–Crippen LogP) is 6.21. The maximum absolute atomic E-state index is 15.3. The van der Waals surface area contributed by atoms with Crippen molar-refractivity contribution in [3.63, 3.8) is 0 Å². The number of hydrogen-bond acceptors (Lipinski definition) is 3. The van der Waals surface area contributed by atoms with Gasteiger partial charge < -0.3 is 14.2 Å². The molecule has 0 saturated carbocycles. The Kier molecular flexibility index (Phi) is 6.09. The van der Waals surface area contributed by atoms with Gasteiger partial charge in [-0.2, -0.15) is 8.78 Å². The van der Waals surface area contributed by atoms with Crippen molar-refractivity contribution in [2.24, 2.45) is 0 Å². The van der Waals surface area contributed by atoms with E-state index in [9.17, 15) is 8.78 Å². The van der Waals surface area contributed by atoms with E-state index in [1.165, 1.54) is 6.07 Å². The van der Waals surface area contributed by atoms with Crippen molar-refractivity contribution in [2.45, 2.75) is 13.5 Å². The van der Waals surface area contributed by atoms with Gasteiger partial charge in [-0.3, -0.25) is 0 Å². The van der Waals surface area contributed by atoms with Crippen molar-refractivity contribution in [2.75, 3.05) is 13.2 Å². The van der Waals surface area contributed by atoms with E-state index in [1.54, 1.807) is 48.5 Å². The van der Waals surface area contributed by atoms with Crippen molar-refractivity contribution >= 4 is 10.8 Å². The van der Waals surface area contributed by atoms with Crippen LogP contribution in [0.1, 0.15) is 6.92 Å². The highest BCUT2D eigenvalue weighted by Gasteiger charge is 2.19. The van der Waals surface area contributed by atoms with Gasteiger partial charge in [0.15, 0.2) is 0 Å². The maximum atomic E-state index is 15.3. The second-order valence-electron chi connectivity index (χ2n) is 5.88. The van der Waals surface area contributed by atoms with E-state index in [-0.39, 0.29) is 23.3 Å². The van der Waals surface area contributed by atoms with Gasteiger partial charge in [0.1, 0.15) is 29.7 Å². The van der Waals surface area contributed by atoms with Crippen LogP contribution in [0.2, 0.25) is 0 Å². The van der Waals surface area contributed by atoms with Crippen LogP contribution in [-0.2, 0) is 0 Å². The molecule has 3 rings (SSSR count). The largest absolute Gasteiger partial charge is 0.494 e. The van der Waals surface area contributed by atoms with E-state index in [4.69, 9.17) is 9.47 Å². The fourth-order valence-electron chi connectivity index (χ4n) is 2.90. The number of alkyl halides is 2. The summed E-state index contributed by atoms with van der Waals surface area (Å²) in [7, 11) is 0. The Morgan fingerprint density at radius 2 is 1.71 bits per heavy atom. The Bertz CT molecular complexity index is 969. The van der Waals surface area contributed by atoms with E-state index in [1.807, 2.05) is 6.92 Å². The number of rotatable bonds is 8. The Labute approximate surface area is 161 Å². The van der Waals surface area contributed by atoms with Gasteiger partial charge in [0.2, 0.25) is 0 Å². The van der Waals surface area contributed by atoms with Gasteiger partial charge in [0, 0.05) is 5.39 Å². The summed E-state index contributed by atoms with van der Waals surface area (Å²) in [5.74, 6) is 0.189. The van der Waals surface area contributed by atoms with Crippen molar-refractivity contribution in [3.05, 3.63) is 67.0 Å². The minimum atomic E-state index is -3.08. The molecular weight excluding hydrogens is 369 g/mol. The maximum Gasteiger partial charge on any atom is 0.387 e. The van der Waals surface area contributed by atoms with Crippen LogP contribution in [0.25, 0.3) is 21.9 Å². The molecule has 3 nitrogen and oxygen atoms in total. The molecule has 0 atom stereocenters.